The second-order valence-corrected chi connectivity index (χ2v) is 5.69. The number of rotatable bonds is 6. The molecule has 1 aliphatic carbocycles. The van der Waals surface area contributed by atoms with Crippen LogP contribution in [0.2, 0.25) is 0 Å². The van der Waals surface area contributed by atoms with E-state index in [4.69, 9.17) is 4.74 Å². The molecule has 22 heavy (non-hydrogen) atoms. The Balaban J connectivity index is 1.46. The first-order valence-corrected chi connectivity index (χ1v) is 7.53. The second-order valence-electron chi connectivity index (χ2n) is 5.69. The molecular weight excluding hydrogens is 276 g/mol. The van der Waals surface area contributed by atoms with E-state index < -0.39 is 0 Å². The molecule has 0 unspecified atom stereocenters. The molecule has 0 spiro atoms. The van der Waals surface area contributed by atoms with E-state index in [-0.39, 0.29) is 23.6 Å². The van der Waals surface area contributed by atoms with Crippen LogP contribution in [0.1, 0.15) is 28.8 Å². The lowest BCUT2D eigenvalue weighted by atomic mass is 10.1. The summed E-state index contributed by atoms with van der Waals surface area (Å²) in [6.07, 6.45) is 1.18. The molecule has 2 atom stereocenters. The van der Waals surface area contributed by atoms with E-state index in [0.29, 0.717) is 18.6 Å². The van der Waals surface area contributed by atoms with Crippen molar-refractivity contribution in [3.05, 3.63) is 71.8 Å². The summed E-state index contributed by atoms with van der Waals surface area (Å²) in [7, 11) is 0. The molecule has 1 fully saturated rings. The molecule has 0 radical (unpaired) electrons. The molecule has 3 nitrogen and oxygen atoms in total. The van der Waals surface area contributed by atoms with Gasteiger partial charge in [-0.15, -0.1) is 0 Å². The lowest BCUT2D eigenvalue weighted by molar-refractivity contribution is -0.146. The molecule has 0 bridgehead atoms. The zero-order chi connectivity index (χ0) is 15.4. The number of carbonyl (C=O) groups excluding carboxylic acids is 2. The molecular formula is C19H18O3. The molecule has 0 amide bonds. The average molecular weight is 294 g/mol. The highest BCUT2D eigenvalue weighted by molar-refractivity contribution is 5.96. The zero-order valence-electron chi connectivity index (χ0n) is 12.3. The molecule has 0 aliphatic heterocycles. The first-order valence-electron chi connectivity index (χ1n) is 7.53. The summed E-state index contributed by atoms with van der Waals surface area (Å²) in [5.41, 5.74) is 1.69. The number of ether oxygens (including phenoxy) is 1. The molecule has 0 heterocycles. The van der Waals surface area contributed by atoms with Gasteiger partial charge in [0.25, 0.3) is 0 Å². The van der Waals surface area contributed by atoms with Crippen molar-refractivity contribution in [2.75, 3.05) is 0 Å². The first kappa shape index (κ1) is 14.5. The molecule has 1 saturated carbocycles. The van der Waals surface area contributed by atoms with Gasteiger partial charge in [0.1, 0.15) is 6.61 Å². The van der Waals surface area contributed by atoms with Crippen LogP contribution < -0.4 is 0 Å². The van der Waals surface area contributed by atoms with Crippen molar-refractivity contribution < 1.29 is 14.3 Å². The van der Waals surface area contributed by atoms with Crippen LogP contribution in [0.3, 0.4) is 0 Å². The smallest absolute Gasteiger partial charge is 0.309 e. The second kappa shape index (κ2) is 6.56. The maximum Gasteiger partial charge on any atom is 0.309 e. The standard InChI is InChI=1S/C19H18O3/c20-18(15-9-5-2-6-10-15)12-16-11-17(16)19(21)22-13-14-7-3-1-4-8-14/h1-10,16-17H,11-13H2/t16-,17+/m0/s1. The fourth-order valence-corrected chi connectivity index (χ4v) is 2.58. The molecule has 0 N–H and O–H groups in total. The van der Waals surface area contributed by atoms with Gasteiger partial charge in [0.2, 0.25) is 0 Å². The molecule has 112 valence electrons. The Morgan fingerprint density at radius 1 is 0.955 bits per heavy atom. The van der Waals surface area contributed by atoms with Crippen molar-refractivity contribution >= 4 is 11.8 Å². The third-order valence-electron chi connectivity index (χ3n) is 3.99. The third kappa shape index (κ3) is 3.61. The molecule has 1 aliphatic rings. The van der Waals surface area contributed by atoms with Crippen molar-refractivity contribution in [1.29, 1.82) is 0 Å². The predicted octanol–water partition coefficient (Wildman–Crippen LogP) is 3.64. The highest BCUT2D eigenvalue weighted by Gasteiger charge is 2.45. The lowest BCUT2D eigenvalue weighted by Crippen LogP contribution is -2.09. The van der Waals surface area contributed by atoms with Gasteiger partial charge in [0.15, 0.2) is 5.78 Å². The summed E-state index contributed by atoms with van der Waals surface area (Å²) < 4.78 is 5.32. The Morgan fingerprint density at radius 3 is 2.27 bits per heavy atom. The Morgan fingerprint density at radius 2 is 1.59 bits per heavy atom. The van der Waals surface area contributed by atoms with Crippen molar-refractivity contribution in [2.24, 2.45) is 11.8 Å². The van der Waals surface area contributed by atoms with E-state index in [1.54, 1.807) is 0 Å². The number of benzene rings is 2. The Bertz CT molecular complexity index is 649. The van der Waals surface area contributed by atoms with Crippen molar-refractivity contribution in [3.63, 3.8) is 0 Å². The van der Waals surface area contributed by atoms with E-state index in [9.17, 15) is 9.59 Å². The van der Waals surface area contributed by atoms with E-state index in [1.807, 2.05) is 60.7 Å². The average Bonchev–Trinajstić information content (AvgIpc) is 3.33. The van der Waals surface area contributed by atoms with Crippen LogP contribution in [0, 0.1) is 11.8 Å². The topological polar surface area (TPSA) is 43.4 Å². The minimum absolute atomic E-state index is 0.101. The SMILES string of the molecule is O=C(C[C@@H]1C[C@H]1C(=O)OCc1ccccc1)c1ccccc1. The van der Waals surface area contributed by atoms with Gasteiger partial charge in [-0.3, -0.25) is 9.59 Å². The summed E-state index contributed by atoms with van der Waals surface area (Å²) in [6, 6.07) is 18.8. The van der Waals surface area contributed by atoms with Crippen LogP contribution in [-0.2, 0) is 16.1 Å². The van der Waals surface area contributed by atoms with Gasteiger partial charge < -0.3 is 4.74 Å². The van der Waals surface area contributed by atoms with Crippen LogP contribution in [0.4, 0.5) is 0 Å². The summed E-state index contributed by atoms with van der Waals surface area (Å²) >= 11 is 0. The predicted molar refractivity (Wildman–Crippen MR) is 83.2 cm³/mol. The first-order chi connectivity index (χ1) is 10.7. The number of esters is 1. The highest BCUT2D eigenvalue weighted by Crippen LogP contribution is 2.42. The molecule has 2 aromatic carbocycles. The normalized spacial score (nSPS) is 19.5. The summed E-state index contributed by atoms with van der Waals surface area (Å²) in [5.74, 6) is -0.0639. The summed E-state index contributed by atoms with van der Waals surface area (Å²) in [5, 5.41) is 0. The fraction of sp³-hybridized carbons (Fsp3) is 0.263. The van der Waals surface area contributed by atoms with Gasteiger partial charge in [-0.1, -0.05) is 60.7 Å². The van der Waals surface area contributed by atoms with Crippen molar-refractivity contribution in [2.45, 2.75) is 19.4 Å². The summed E-state index contributed by atoms with van der Waals surface area (Å²) in [6.45, 7) is 0.301. The van der Waals surface area contributed by atoms with Crippen LogP contribution in [0.15, 0.2) is 60.7 Å². The van der Waals surface area contributed by atoms with Crippen LogP contribution in [0.25, 0.3) is 0 Å². The Hall–Kier alpha value is -2.42. The Labute approximate surface area is 129 Å². The van der Waals surface area contributed by atoms with E-state index >= 15 is 0 Å². The molecule has 0 saturated heterocycles. The largest absolute Gasteiger partial charge is 0.461 e. The minimum atomic E-state index is -0.185. The van der Waals surface area contributed by atoms with Gasteiger partial charge in [-0.05, 0) is 17.9 Å². The third-order valence-corrected chi connectivity index (χ3v) is 3.99. The minimum Gasteiger partial charge on any atom is -0.461 e. The van der Waals surface area contributed by atoms with Crippen LogP contribution in [-0.4, -0.2) is 11.8 Å². The maximum absolute atomic E-state index is 12.1. The van der Waals surface area contributed by atoms with Gasteiger partial charge in [-0.25, -0.2) is 0 Å². The van der Waals surface area contributed by atoms with Crippen LogP contribution in [0.5, 0.6) is 0 Å². The fourth-order valence-electron chi connectivity index (χ4n) is 2.58. The molecule has 0 aromatic heterocycles. The quantitative estimate of drug-likeness (QED) is 0.603. The monoisotopic (exact) mass is 294 g/mol. The number of hydrogen-bond donors (Lipinski definition) is 0. The number of carbonyl (C=O) groups is 2. The number of ketones is 1. The maximum atomic E-state index is 12.1. The number of hydrogen-bond acceptors (Lipinski definition) is 3. The molecule has 3 heteroatoms. The molecule has 3 rings (SSSR count). The van der Waals surface area contributed by atoms with E-state index in [2.05, 4.69) is 0 Å². The zero-order valence-corrected chi connectivity index (χ0v) is 12.3. The van der Waals surface area contributed by atoms with Gasteiger partial charge in [0, 0.05) is 12.0 Å². The molecule has 2 aromatic rings. The van der Waals surface area contributed by atoms with E-state index in [1.165, 1.54) is 0 Å². The van der Waals surface area contributed by atoms with Gasteiger partial charge in [0.05, 0.1) is 5.92 Å². The Kier molecular flexibility index (Phi) is 4.33. The van der Waals surface area contributed by atoms with Crippen LogP contribution >= 0.6 is 0 Å². The lowest BCUT2D eigenvalue weighted by Gasteiger charge is -2.04. The summed E-state index contributed by atoms with van der Waals surface area (Å²) in [4.78, 5) is 24.1. The van der Waals surface area contributed by atoms with Crippen molar-refractivity contribution in [1.82, 2.24) is 0 Å². The number of Topliss-reactive ketones (excluding diaryl/α,β-unsaturated/α-hetero) is 1. The highest BCUT2D eigenvalue weighted by atomic mass is 16.5. The van der Waals surface area contributed by atoms with Gasteiger partial charge in [-0.2, -0.15) is 0 Å². The van der Waals surface area contributed by atoms with Gasteiger partial charge >= 0.3 is 5.97 Å². The van der Waals surface area contributed by atoms with Crippen molar-refractivity contribution in [3.8, 4) is 0 Å². The van der Waals surface area contributed by atoms with E-state index in [0.717, 1.165) is 12.0 Å².